The van der Waals surface area contributed by atoms with Gasteiger partial charge in [-0.2, -0.15) is 0 Å². The maximum Gasteiger partial charge on any atom is 0.230 e. The largest absolute Gasteiger partial charge is 0.495 e. The Balaban J connectivity index is 1.74. The fourth-order valence-electron chi connectivity index (χ4n) is 2.75. The minimum atomic E-state index is -0.223. The average molecular weight is 433 g/mol. The van der Waals surface area contributed by atoms with Crippen molar-refractivity contribution in [2.45, 2.75) is 13.3 Å². The fraction of sp³-hybridized carbons (Fsp3) is 0.238. The van der Waals surface area contributed by atoms with Gasteiger partial charge in [-0.1, -0.05) is 23.7 Å². The molecule has 3 aromatic rings. The molecule has 152 valence electrons. The monoisotopic (exact) mass is 432 g/mol. The lowest BCUT2D eigenvalue weighted by atomic mass is 10.2. The second-order valence-electron chi connectivity index (χ2n) is 5.99. The first-order chi connectivity index (χ1) is 14.0. The Hall–Kier alpha value is -2.77. The molecule has 0 bridgehead atoms. The lowest BCUT2D eigenvalue weighted by Crippen LogP contribution is -2.15. The number of para-hydroxylation sites is 1. The number of anilines is 1. The van der Waals surface area contributed by atoms with Gasteiger partial charge in [0.05, 0.1) is 49.2 Å². The maximum atomic E-state index is 12.5. The number of carbonyl (C=O) groups is 1. The van der Waals surface area contributed by atoms with Gasteiger partial charge >= 0.3 is 0 Å². The van der Waals surface area contributed by atoms with Crippen LogP contribution in [-0.2, 0) is 11.2 Å². The number of nitrogens with one attached hydrogen (secondary N) is 1. The molecule has 1 aromatic heterocycles. The number of hydrogen-bond donors (Lipinski definition) is 1. The van der Waals surface area contributed by atoms with Gasteiger partial charge in [0.15, 0.2) is 0 Å². The number of hydrogen-bond acceptors (Lipinski definition) is 6. The molecular formula is C21H21ClN2O4S. The summed E-state index contributed by atoms with van der Waals surface area (Å²) >= 11 is 7.63. The topological polar surface area (TPSA) is 69.7 Å². The summed E-state index contributed by atoms with van der Waals surface area (Å²) in [6.45, 7) is 2.51. The summed E-state index contributed by atoms with van der Waals surface area (Å²) in [5, 5.41) is 5.88. The Morgan fingerprint density at radius 1 is 1.14 bits per heavy atom. The van der Waals surface area contributed by atoms with Crippen LogP contribution in [0.4, 0.5) is 5.69 Å². The van der Waals surface area contributed by atoms with Crippen molar-refractivity contribution in [2.75, 3.05) is 26.1 Å². The van der Waals surface area contributed by atoms with E-state index in [0.717, 1.165) is 16.3 Å². The molecule has 0 unspecified atom stereocenters. The van der Waals surface area contributed by atoms with Gasteiger partial charge < -0.3 is 19.5 Å². The van der Waals surface area contributed by atoms with Gasteiger partial charge in [0.1, 0.15) is 22.3 Å². The van der Waals surface area contributed by atoms with E-state index in [0.29, 0.717) is 34.5 Å². The first-order valence-corrected chi connectivity index (χ1v) is 10.2. The zero-order valence-corrected chi connectivity index (χ0v) is 17.9. The van der Waals surface area contributed by atoms with Crippen LogP contribution >= 0.6 is 22.9 Å². The van der Waals surface area contributed by atoms with Crippen molar-refractivity contribution in [3.05, 3.63) is 52.5 Å². The van der Waals surface area contributed by atoms with Gasteiger partial charge in [-0.05, 0) is 25.1 Å². The Bertz CT molecular complexity index is 1010. The second-order valence-corrected chi connectivity index (χ2v) is 7.25. The molecule has 0 radical (unpaired) electrons. The number of amides is 1. The smallest absolute Gasteiger partial charge is 0.230 e. The molecule has 0 fully saturated rings. The minimum Gasteiger partial charge on any atom is -0.495 e. The average Bonchev–Trinajstić information content (AvgIpc) is 3.17. The van der Waals surface area contributed by atoms with Crippen LogP contribution in [0.2, 0.25) is 5.02 Å². The molecule has 1 N–H and O–H groups in total. The molecule has 29 heavy (non-hydrogen) atoms. The number of ether oxygens (including phenoxy) is 3. The Morgan fingerprint density at radius 3 is 2.62 bits per heavy atom. The zero-order valence-electron chi connectivity index (χ0n) is 16.3. The van der Waals surface area contributed by atoms with Crippen LogP contribution in [0.1, 0.15) is 12.6 Å². The molecule has 0 spiro atoms. The highest BCUT2D eigenvalue weighted by atomic mass is 35.5. The van der Waals surface area contributed by atoms with E-state index in [-0.39, 0.29) is 12.3 Å². The number of rotatable bonds is 8. The third-order valence-electron chi connectivity index (χ3n) is 4.06. The molecule has 1 heterocycles. The molecule has 0 saturated heterocycles. The maximum absolute atomic E-state index is 12.5. The molecule has 0 aliphatic carbocycles. The number of carbonyl (C=O) groups excluding carboxylic acids is 1. The SMILES string of the molecule is CCOc1ccccc1-c1nc(CC(=O)Nc2cc(Cl)c(OC)cc2OC)cs1. The van der Waals surface area contributed by atoms with Crippen molar-refractivity contribution in [1.29, 1.82) is 0 Å². The van der Waals surface area contributed by atoms with Gasteiger partial charge in [0, 0.05) is 11.4 Å². The van der Waals surface area contributed by atoms with E-state index in [4.69, 9.17) is 25.8 Å². The van der Waals surface area contributed by atoms with E-state index in [1.54, 1.807) is 12.1 Å². The minimum absolute atomic E-state index is 0.125. The number of nitrogens with zero attached hydrogens (tertiary/aromatic N) is 1. The molecule has 3 rings (SSSR count). The molecule has 0 saturated carbocycles. The van der Waals surface area contributed by atoms with E-state index in [2.05, 4.69) is 10.3 Å². The van der Waals surface area contributed by atoms with Crippen molar-refractivity contribution < 1.29 is 19.0 Å². The molecule has 8 heteroatoms. The third-order valence-corrected chi connectivity index (χ3v) is 5.28. The van der Waals surface area contributed by atoms with E-state index in [1.165, 1.54) is 25.6 Å². The summed E-state index contributed by atoms with van der Waals surface area (Å²) < 4.78 is 16.1. The Labute approximate surface area is 178 Å². The first kappa shape index (κ1) is 21.0. The van der Waals surface area contributed by atoms with E-state index in [9.17, 15) is 4.79 Å². The summed E-state index contributed by atoms with van der Waals surface area (Å²) in [6.07, 6.45) is 0.125. The number of aromatic nitrogens is 1. The predicted octanol–water partition coefficient (Wildman–Crippen LogP) is 5.06. The summed E-state index contributed by atoms with van der Waals surface area (Å²) in [5.74, 6) is 1.49. The highest BCUT2D eigenvalue weighted by Gasteiger charge is 2.15. The molecule has 0 aliphatic heterocycles. The quantitative estimate of drug-likeness (QED) is 0.538. The number of thiazole rings is 1. The molecule has 1 amide bonds. The van der Waals surface area contributed by atoms with Crippen molar-refractivity contribution in [2.24, 2.45) is 0 Å². The lowest BCUT2D eigenvalue weighted by Gasteiger charge is -2.12. The van der Waals surface area contributed by atoms with Gasteiger partial charge in [-0.25, -0.2) is 4.98 Å². The van der Waals surface area contributed by atoms with Crippen LogP contribution in [0.25, 0.3) is 10.6 Å². The predicted molar refractivity (Wildman–Crippen MR) is 116 cm³/mol. The van der Waals surface area contributed by atoms with Crippen molar-refractivity contribution in [1.82, 2.24) is 4.98 Å². The van der Waals surface area contributed by atoms with Crippen LogP contribution in [0.15, 0.2) is 41.8 Å². The molecule has 6 nitrogen and oxygen atoms in total. The van der Waals surface area contributed by atoms with Crippen LogP contribution < -0.4 is 19.5 Å². The normalized spacial score (nSPS) is 10.5. The zero-order chi connectivity index (χ0) is 20.8. The van der Waals surface area contributed by atoms with E-state index >= 15 is 0 Å². The lowest BCUT2D eigenvalue weighted by molar-refractivity contribution is -0.115. The summed E-state index contributed by atoms with van der Waals surface area (Å²) in [6, 6.07) is 10.9. The molecule has 0 aliphatic rings. The number of benzene rings is 2. The van der Waals surface area contributed by atoms with Crippen molar-refractivity contribution in [3.8, 4) is 27.8 Å². The van der Waals surface area contributed by atoms with Gasteiger partial charge in [-0.15, -0.1) is 11.3 Å². The summed E-state index contributed by atoms with van der Waals surface area (Å²) in [7, 11) is 3.03. The van der Waals surface area contributed by atoms with Crippen molar-refractivity contribution in [3.63, 3.8) is 0 Å². The summed E-state index contributed by atoms with van der Waals surface area (Å²) in [5.41, 5.74) is 2.06. The fourth-order valence-corrected chi connectivity index (χ4v) is 3.84. The third kappa shape index (κ3) is 4.99. The second kappa shape index (κ2) is 9.62. The van der Waals surface area contributed by atoms with Crippen LogP contribution in [0, 0.1) is 0 Å². The van der Waals surface area contributed by atoms with E-state index < -0.39 is 0 Å². The highest BCUT2D eigenvalue weighted by Crippen LogP contribution is 2.36. The van der Waals surface area contributed by atoms with Gasteiger partial charge in [-0.3, -0.25) is 4.79 Å². The van der Waals surface area contributed by atoms with Crippen LogP contribution in [0.3, 0.4) is 0 Å². The Morgan fingerprint density at radius 2 is 1.90 bits per heavy atom. The van der Waals surface area contributed by atoms with Gasteiger partial charge in [0.2, 0.25) is 5.91 Å². The van der Waals surface area contributed by atoms with Gasteiger partial charge in [0.25, 0.3) is 0 Å². The van der Waals surface area contributed by atoms with Crippen LogP contribution in [-0.4, -0.2) is 31.7 Å². The summed E-state index contributed by atoms with van der Waals surface area (Å²) in [4.78, 5) is 17.1. The first-order valence-electron chi connectivity index (χ1n) is 8.93. The standard InChI is InChI=1S/C21H21ClN2O4S/c1-4-28-17-8-6-5-7-14(17)21-23-13(12-29-21)9-20(25)24-16-10-15(22)18(26-2)11-19(16)27-3/h5-8,10-12H,4,9H2,1-3H3,(H,24,25). The molecular weight excluding hydrogens is 412 g/mol. The van der Waals surface area contributed by atoms with E-state index in [1.807, 2.05) is 36.6 Å². The molecule has 2 aromatic carbocycles. The van der Waals surface area contributed by atoms with Crippen LogP contribution in [0.5, 0.6) is 17.2 Å². The number of methoxy groups -OCH3 is 2. The number of halogens is 1. The Kier molecular flexibility index (Phi) is 6.95. The van der Waals surface area contributed by atoms with Crippen molar-refractivity contribution >= 4 is 34.5 Å². The molecule has 0 atom stereocenters. The highest BCUT2D eigenvalue weighted by molar-refractivity contribution is 7.13.